The second-order valence-electron chi connectivity index (χ2n) is 3.87. The van der Waals surface area contributed by atoms with Gasteiger partial charge in [-0.2, -0.15) is 5.26 Å². The third-order valence-corrected chi connectivity index (χ3v) is 2.77. The van der Waals surface area contributed by atoms with Crippen molar-refractivity contribution in [2.75, 3.05) is 24.3 Å². The summed E-state index contributed by atoms with van der Waals surface area (Å²) in [5, 5.41) is 11.8. The molecule has 0 saturated carbocycles. The first-order chi connectivity index (χ1) is 8.74. The molecule has 0 saturated heterocycles. The van der Waals surface area contributed by atoms with Gasteiger partial charge in [0.25, 0.3) is 0 Å². The first-order valence-electron chi connectivity index (χ1n) is 5.62. The van der Waals surface area contributed by atoms with E-state index in [-0.39, 0.29) is 0 Å². The first kappa shape index (κ1) is 11.9. The molecule has 18 heavy (non-hydrogen) atoms. The van der Waals surface area contributed by atoms with Gasteiger partial charge in [-0.25, -0.2) is 4.98 Å². The van der Waals surface area contributed by atoms with Crippen LogP contribution in [-0.4, -0.2) is 19.1 Å². The molecule has 2 rings (SSSR count). The van der Waals surface area contributed by atoms with E-state index in [0.717, 1.165) is 17.2 Å². The second kappa shape index (κ2) is 5.19. The van der Waals surface area contributed by atoms with Gasteiger partial charge in [-0.15, -0.1) is 0 Å². The van der Waals surface area contributed by atoms with E-state index >= 15 is 0 Å². The Kier molecular flexibility index (Phi) is 3.44. The lowest BCUT2D eigenvalue weighted by atomic mass is 10.2. The second-order valence-corrected chi connectivity index (χ2v) is 3.87. The van der Waals surface area contributed by atoms with E-state index < -0.39 is 0 Å². The van der Waals surface area contributed by atoms with Crippen LogP contribution in [0.3, 0.4) is 0 Å². The van der Waals surface area contributed by atoms with Crippen molar-refractivity contribution >= 4 is 17.2 Å². The summed E-state index contributed by atoms with van der Waals surface area (Å²) < 4.78 is 0. The number of aromatic nitrogens is 1. The third-order valence-electron chi connectivity index (χ3n) is 2.77. The summed E-state index contributed by atoms with van der Waals surface area (Å²) in [6.07, 6.45) is 1.77. The topological polar surface area (TPSA) is 52.0 Å². The van der Waals surface area contributed by atoms with Crippen molar-refractivity contribution in [3.8, 4) is 6.07 Å². The van der Waals surface area contributed by atoms with Gasteiger partial charge in [-0.1, -0.05) is 0 Å². The van der Waals surface area contributed by atoms with Crippen molar-refractivity contribution in [2.45, 2.75) is 0 Å². The number of pyridine rings is 1. The lowest BCUT2D eigenvalue weighted by Gasteiger charge is -2.19. The van der Waals surface area contributed by atoms with E-state index in [9.17, 15) is 0 Å². The molecule has 0 fully saturated rings. The molecule has 90 valence electrons. The Morgan fingerprint density at radius 1 is 1.17 bits per heavy atom. The molecule has 0 unspecified atom stereocenters. The number of nitrogens with one attached hydrogen (secondary N) is 1. The van der Waals surface area contributed by atoms with Gasteiger partial charge in [0.15, 0.2) is 0 Å². The summed E-state index contributed by atoms with van der Waals surface area (Å²) >= 11 is 0. The molecule has 0 atom stereocenters. The van der Waals surface area contributed by atoms with Gasteiger partial charge in [0.2, 0.25) is 0 Å². The van der Waals surface area contributed by atoms with Crippen molar-refractivity contribution in [3.63, 3.8) is 0 Å². The molecule has 0 bridgehead atoms. The number of rotatable bonds is 3. The summed E-state index contributed by atoms with van der Waals surface area (Å²) in [5.41, 5.74) is 2.74. The highest BCUT2D eigenvalue weighted by molar-refractivity contribution is 5.65. The lowest BCUT2D eigenvalue weighted by molar-refractivity contribution is 1.18. The third kappa shape index (κ3) is 2.41. The fourth-order valence-corrected chi connectivity index (χ4v) is 1.67. The van der Waals surface area contributed by atoms with E-state index in [1.165, 1.54) is 0 Å². The zero-order valence-corrected chi connectivity index (χ0v) is 10.4. The fraction of sp³-hybridized carbons (Fsp3) is 0.143. The predicted octanol–water partition coefficient (Wildman–Crippen LogP) is 2.76. The summed E-state index contributed by atoms with van der Waals surface area (Å²) in [6.45, 7) is 0. The molecule has 0 aliphatic carbocycles. The summed E-state index contributed by atoms with van der Waals surface area (Å²) in [4.78, 5) is 6.23. The standard InChI is InChI=1S/C14H14N4/c1-16-14-9-13(7-8-17-14)18(2)12-5-3-11(10-15)4-6-12/h3-9H,1-2H3,(H,16,17). The van der Waals surface area contributed by atoms with E-state index in [0.29, 0.717) is 5.56 Å². The van der Waals surface area contributed by atoms with Crippen molar-refractivity contribution in [1.82, 2.24) is 4.98 Å². The number of hydrogen-bond donors (Lipinski definition) is 1. The van der Waals surface area contributed by atoms with Gasteiger partial charge >= 0.3 is 0 Å². The Labute approximate surface area is 107 Å². The maximum absolute atomic E-state index is 8.77. The molecule has 1 aromatic heterocycles. The molecule has 0 aliphatic heterocycles. The molecule has 0 radical (unpaired) electrons. The summed E-state index contributed by atoms with van der Waals surface area (Å²) in [5.74, 6) is 0.827. The van der Waals surface area contributed by atoms with E-state index in [1.54, 1.807) is 6.20 Å². The molecule has 1 N–H and O–H groups in total. The van der Waals surface area contributed by atoms with Crippen molar-refractivity contribution in [3.05, 3.63) is 48.2 Å². The maximum atomic E-state index is 8.77. The van der Waals surface area contributed by atoms with Gasteiger partial charge in [0.05, 0.1) is 11.6 Å². The fourth-order valence-electron chi connectivity index (χ4n) is 1.67. The minimum absolute atomic E-state index is 0.665. The van der Waals surface area contributed by atoms with Gasteiger partial charge in [0, 0.05) is 37.7 Å². The molecule has 0 aliphatic rings. The molecule has 1 aromatic carbocycles. The number of anilines is 3. The number of hydrogen-bond acceptors (Lipinski definition) is 4. The van der Waals surface area contributed by atoms with Crippen LogP contribution in [0.5, 0.6) is 0 Å². The molecule has 1 heterocycles. The number of nitrogens with zero attached hydrogens (tertiary/aromatic N) is 3. The van der Waals surface area contributed by atoms with Crippen molar-refractivity contribution < 1.29 is 0 Å². The average Bonchev–Trinajstić information content (AvgIpc) is 2.46. The number of nitriles is 1. The van der Waals surface area contributed by atoms with Crippen LogP contribution in [-0.2, 0) is 0 Å². The summed E-state index contributed by atoms with van der Waals surface area (Å²) in [7, 11) is 3.82. The Bertz CT molecular complexity index is 569. The number of benzene rings is 1. The summed E-state index contributed by atoms with van der Waals surface area (Å²) in [6, 6.07) is 13.5. The Morgan fingerprint density at radius 3 is 2.50 bits per heavy atom. The Morgan fingerprint density at radius 2 is 1.89 bits per heavy atom. The minimum atomic E-state index is 0.665. The van der Waals surface area contributed by atoms with E-state index in [2.05, 4.69) is 16.4 Å². The Hall–Kier alpha value is -2.54. The zero-order valence-electron chi connectivity index (χ0n) is 10.4. The van der Waals surface area contributed by atoms with Crippen LogP contribution in [0.4, 0.5) is 17.2 Å². The molecular formula is C14H14N4. The van der Waals surface area contributed by atoms with Crippen LogP contribution >= 0.6 is 0 Å². The van der Waals surface area contributed by atoms with Crippen molar-refractivity contribution in [1.29, 1.82) is 5.26 Å². The molecule has 4 nitrogen and oxygen atoms in total. The van der Waals surface area contributed by atoms with E-state index in [4.69, 9.17) is 5.26 Å². The van der Waals surface area contributed by atoms with Crippen LogP contribution in [0.25, 0.3) is 0 Å². The van der Waals surface area contributed by atoms with Crippen LogP contribution in [0, 0.1) is 11.3 Å². The quantitative estimate of drug-likeness (QED) is 0.893. The van der Waals surface area contributed by atoms with Crippen LogP contribution in [0.2, 0.25) is 0 Å². The largest absolute Gasteiger partial charge is 0.373 e. The van der Waals surface area contributed by atoms with Gasteiger partial charge < -0.3 is 10.2 Å². The van der Waals surface area contributed by atoms with Gasteiger partial charge in [0.1, 0.15) is 5.82 Å². The Balaban J connectivity index is 2.29. The maximum Gasteiger partial charge on any atom is 0.127 e. The molecule has 2 aromatic rings. The molecule has 0 amide bonds. The highest BCUT2D eigenvalue weighted by Crippen LogP contribution is 2.24. The van der Waals surface area contributed by atoms with Crippen molar-refractivity contribution in [2.24, 2.45) is 0 Å². The first-order valence-corrected chi connectivity index (χ1v) is 5.62. The SMILES string of the molecule is CNc1cc(N(C)c2ccc(C#N)cc2)ccn1. The van der Waals surface area contributed by atoms with Crippen LogP contribution < -0.4 is 10.2 Å². The van der Waals surface area contributed by atoms with E-state index in [1.807, 2.05) is 55.4 Å². The van der Waals surface area contributed by atoms with Crippen LogP contribution in [0.15, 0.2) is 42.6 Å². The lowest BCUT2D eigenvalue weighted by Crippen LogP contribution is -2.09. The molecular weight excluding hydrogens is 224 g/mol. The monoisotopic (exact) mass is 238 g/mol. The predicted molar refractivity (Wildman–Crippen MR) is 73.0 cm³/mol. The minimum Gasteiger partial charge on any atom is -0.373 e. The smallest absolute Gasteiger partial charge is 0.127 e. The van der Waals surface area contributed by atoms with Gasteiger partial charge in [-0.05, 0) is 30.3 Å². The molecule has 4 heteroatoms. The molecule has 0 spiro atoms. The zero-order chi connectivity index (χ0) is 13.0. The highest BCUT2D eigenvalue weighted by Gasteiger charge is 2.04. The van der Waals surface area contributed by atoms with Crippen LogP contribution in [0.1, 0.15) is 5.56 Å². The van der Waals surface area contributed by atoms with Gasteiger partial charge in [-0.3, -0.25) is 0 Å². The highest BCUT2D eigenvalue weighted by atomic mass is 15.1. The average molecular weight is 238 g/mol. The normalized spacial score (nSPS) is 9.61.